The molecule has 1 aromatic carbocycles. The number of aliphatic carboxylic acids is 1. The number of hydrogen-bond donors (Lipinski definition) is 1. The highest BCUT2D eigenvalue weighted by atomic mass is 16.4. The van der Waals surface area contributed by atoms with Crippen molar-refractivity contribution in [2.75, 3.05) is 24.5 Å². The SMILES string of the molecule is O=C(O)C1CC2(CCN(c3nnnn3-c3ccccc3)CC2)CN1C(=O)C1CCC1. The van der Waals surface area contributed by atoms with E-state index in [9.17, 15) is 14.7 Å². The maximum atomic E-state index is 12.8. The molecule has 0 radical (unpaired) electrons. The van der Waals surface area contributed by atoms with Gasteiger partial charge in [-0.3, -0.25) is 4.79 Å². The number of para-hydroxylation sites is 1. The first-order valence-corrected chi connectivity index (χ1v) is 10.7. The summed E-state index contributed by atoms with van der Waals surface area (Å²) in [6, 6.07) is 9.08. The molecule has 0 bridgehead atoms. The molecule has 2 aliphatic heterocycles. The number of carboxylic acid groups (broad SMARTS) is 1. The smallest absolute Gasteiger partial charge is 0.326 e. The molecule has 9 nitrogen and oxygen atoms in total. The van der Waals surface area contributed by atoms with Gasteiger partial charge in [-0.1, -0.05) is 29.7 Å². The summed E-state index contributed by atoms with van der Waals surface area (Å²) >= 11 is 0. The van der Waals surface area contributed by atoms with Crippen LogP contribution in [0.3, 0.4) is 0 Å². The Bertz CT molecular complexity index is 933. The number of carboxylic acids is 1. The van der Waals surface area contributed by atoms with Crippen LogP contribution in [-0.4, -0.2) is 67.8 Å². The first-order valence-electron chi connectivity index (χ1n) is 10.7. The minimum Gasteiger partial charge on any atom is -0.480 e. The number of amides is 1. The number of piperidine rings is 1. The third-order valence-corrected chi connectivity index (χ3v) is 7.09. The number of likely N-dealkylation sites (tertiary alicyclic amines) is 1. The molecule has 1 spiro atoms. The Morgan fingerprint density at radius 2 is 1.83 bits per heavy atom. The van der Waals surface area contributed by atoms with Gasteiger partial charge in [-0.25, -0.2) is 4.79 Å². The molecule has 1 N–H and O–H groups in total. The van der Waals surface area contributed by atoms with Crippen molar-refractivity contribution in [3.05, 3.63) is 30.3 Å². The molecule has 1 aliphatic carbocycles. The summed E-state index contributed by atoms with van der Waals surface area (Å²) < 4.78 is 1.74. The van der Waals surface area contributed by atoms with E-state index in [0.29, 0.717) is 18.9 Å². The second kappa shape index (κ2) is 7.37. The average Bonchev–Trinajstić information content (AvgIpc) is 3.34. The molecule has 1 unspecified atom stereocenters. The van der Waals surface area contributed by atoms with Crippen molar-refractivity contribution in [1.82, 2.24) is 25.1 Å². The molecule has 3 heterocycles. The molecule has 1 saturated carbocycles. The summed E-state index contributed by atoms with van der Waals surface area (Å²) in [6.45, 7) is 2.03. The van der Waals surface area contributed by atoms with Gasteiger partial charge >= 0.3 is 5.97 Å². The minimum atomic E-state index is -0.880. The summed E-state index contributed by atoms with van der Waals surface area (Å²) in [5, 5.41) is 22.0. The van der Waals surface area contributed by atoms with Gasteiger partial charge in [0, 0.05) is 25.6 Å². The number of benzene rings is 1. The maximum Gasteiger partial charge on any atom is 0.326 e. The summed E-state index contributed by atoms with van der Waals surface area (Å²) in [6.07, 6.45) is 5.05. The number of carbonyl (C=O) groups is 2. The molecule has 158 valence electrons. The van der Waals surface area contributed by atoms with Crippen molar-refractivity contribution in [1.29, 1.82) is 0 Å². The maximum absolute atomic E-state index is 12.8. The van der Waals surface area contributed by atoms with Crippen molar-refractivity contribution >= 4 is 17.8 Å². The van der Waals surface area contributed by atoms with Gasteiger partial charge in [-0.15, -0.1) is 0 Å². The summed E-state index contributed by atoms with van der Waals surface area (Å²) in [7, 11) is 0. The van der Waals surface area contributed by atoms with Crippen LogP contribution in [0.15, 0.2) is 30.3 Å². The van der Waals surface area contributed by atoms with Crippen LogP contribution in [0.1, 0.15) is 38.5 Å². The van der Waals surface area contributed by atoms with Gasteiger partial charge in [0.15, 0.2) is 0 Å². The molecule has 1 atom stereocenters. The van der Waals surface area contributed by atoms with Crippen LogP contribution in [0, 0.1) is 11.3 Å². The molecule has 5 rings (SSSR count). The fraction of sp³-hybridized carbons (Fsp3) is 0.571. The fourth-order valence-electron chi connectivity index (χ4n) is 5.06. The van der Waals surface area contributed by atoms with Crippen molar-refractivity contribution in [3.8, 4) is 5.69 Å². The molecule has 2 saturated heterocycles. The van der Waals surface area contributed by atoms with Gasteiger partial charge in [-0.05, 0) is 60.1 Å². The van der Waals surface area contributed by atoms with Crippen LogP contribution in [0.2, 0.25) is 0 Å². The van der Waals surface area contributed by atoms with Gasteiger partial charge in [0.2, 0.25) is 11.9 Å². The van der Waals surface area contributed by atoms with Crippen LogP contribution < -0.4 is 4.90 Å². The lowest BCUT2D eigenvalue weighted by molar-refractivity contribution is -0.151. The highest BCUT2D eigenvalue weighted by Gasteiger charge is 2.51. The number of tetrazole rings is 1. The lowest BCUT2D eigenvalue weighted by Crippen LogP contribution is -2.46. The monoisotopic (exact) mass is 410 g/mol. The van der Waals surface area contributed by atoms with Crippen molar-refractivity contribution < 1.29 is 14.7 Å². The predicted molar refractivity (Wildman–Crippen MR) is 108 cm³/mol. The number of nitrogens with zero attached hydrogens (tertiary/aromatic N) is 6. The Balaban J connectivity index is 1.31. The molecule has 2 aromatic rings. The zero-order valence-corrected chi connectivity index (χ0v) is 16.9. The van der Waals surface area contributed by atoms with E-state index in [0.717, 1.165) is 50.9 Å². The van der Waals surface area contributed by atoms with Crippen LogP contribution >= 0.6 is 0 Å². The molecule has 30 heavy (non-hydrogen) atoms. The van der Waals surface area contributed by atoms with E-state index in [1.165, 1.54) is 0 Å². The van der Waals surface area contributed by atoms with E-state index in [4.69, 9.17) is 0 Å². The van der Waals surface area contributed by atoms with Crippen LogP contribution in [0.25, 0.3) is 5.69 Å². The van der Waals surface area contributed by atoms with Gasteiger partial charge in [0.05, 0.1) is 5.69 Å². The van der Waals surface area contributed by atoms with Crippen molar-refractivity contribution in [2.45, 2.75) is 44.6 Å². The highest BCUT2D eigenvalue weighted by molar-refractivity contribution is 5.86. The van der Waals surface area contributed by atoms with E-state index >= 15 is 0 Å². The van der Waals surface area contributed by atoms with E-state index in [1.807, 2.05) is 30.3 Å². The molecule has 1 aromatic heterocycles. The number of aromatic nitrogens is 4. The lowest BCUT2D eigenvalue weighted by atomic mass is 9.76. The molecule has 3 aliphatic rings. The normalized spacial score (nSPS) is 23.5. The Hall–Kier alpha value is -2.97. The third kappa shape index (κ3) is 3.22. The van der Waals surface area contributed by atoms with Gasteiger partial charge in [0.1, 0.15) is 6.04 Å². The van der Waals surface area contributed by atoms with Crippen LogP contribution in [0.5, 0.6) is 0 Å². The lowest BCUT2D eigenvalue weighted by Gasteiger charge is -2.39. The zero-order valence-electron chi connectivity index (χ0n) is 16.9. The summed E-state index contributed by atoms with van der Waals surface area (Å²) in [5.41, 5.74) is 0.770. The summed E-state index contributed by atoms with van der Waals surface area (Å²) in [4.78, 5) is 28.6. The Kier molecular flexibility index (Phi) is 4.67. The minimum absolute atomic E-state index is 0.0255. The first-order chi connectivity index (χ1) is 14.6. The molecular weight excluding hydrogens is 384 g/mol. The van der Waals surface area contributed by atoms with Gasteiger partial charge < -0.3 is 14.9 Å². The molecular formula is C21H26N6O3. The van der Waals surface area contributed by atoms with E-state index in [-0.39, 0.29) is 17.2 Å². The second-order valence-electron chi connectivity index (χ2n) is 8.87. The van der Waals surface area contributed by atoms with Crippen LogP contribution in [0.4, 0.5) is 5.95 Å². The Morgan fingerprint density at radius 1 is 1.10 bits per heavy atom. The number of anilines is 1. The standard InChI is InChI=1S/C21H26N6O3/c28-18(15-5-4-6-15)26-14-21(13-17(26)19(29)30)9-11-25(12-10-21)20-22-23-24-27(20)16-7-2-1-3-8-16/h1-3,7-8,15,17H,4-6,9-14H2,(H,29,30). The second-order valence-corrected chi connectivity index (χ2v) is 8.87. The predicted octanol–water partition coefficient (Wildman–Crippen LogP) is 1.73. The quantitative estimate of drug-likeness (QED) is 0.818. The molecule has 9 heteroatoms. The Labute approximate surface area is 174 Å². The largest absolute Gasteiger partial charge is 0.480 e. The summed E-state index contributed by atoms with van der Waals surface area (Å²) in [5.74, 6) is -0.111. The number of rotatable bonds is 4. The number of carbonyl (C=O) groups excluding carboxylic acids is 1. The average molecular weight is 410 g/mol. The van der Waals surface area contributed by atoms with Crippen LogP contribution in [-0.2, 0) is 9.59 Å². The van der Waals surface area contributed by atoms with Crippen molar-refractivity contribution in [3.63, 3.8) is 0 Å². The molecule has 3 fully saturated rings. The zero-order chi connectivity index (χ0) is 20.7. The first kappa shape index (κ1) is 19.0. The van der Waals surface area contributed by atoms with E-state index in [1.54, 1.807) is 9.58 Å². The van der Waals surface area contributed by atoms with Gasteiger partial charge in [-0.2, -0.15) is 4.68 Å². The van der Waals surface area contributed by atoms with Crippen molar-refractivity contribution in [2.24, 2.45) is 11.3 Å². The topological polar surface area (TPSA) is 104 Å². The highest BCUT2D eigenvalue weighted by Crippen LogP contribution is 2.45. The van der Waals surface area contributed by atoms with E-state index < -0.39 is 12.0 Å². The number of hydrogen-bond acceptors (Lipinski definition) is 6. The third-order valence-electron chi connectivity index (χ3n) is 7.09. The fourth-order valence-corrected chi connectivity index (χ4v) is 5.06. The Morgan fingerprint density at radius 3 is 2.47 bits per heavy atom. The van der Waals surface area contributed by atoms with Gasteiger partial charge in [0.25, 0.3) is 0 Å². The van der Waals surface area contributed by atoms with E-state index in [2.05, 4.69) is 20.4 Å². The molecule has 1 amide bonds.